The smallest absolute Gasteiger partial charge is 0.326 e. The highest BCUT2D eigenvalue weighted by Gasteiger charge is 2.43. The van der Waals surface area contributed by atoms with Gasteiger partial charge in [0.2, 0.25) is 0 Å². The van der Waals surface area contributed by atoms with Gasteiger partial charge in [-0.2, -0.15) is 0 Å². The molecule has 0 bridgehead atoms. The van der Waals surface area contributed by atoms with Crippen LogP contribution in [-0.4, -0.2) is 75.2 Å². The lowest BCUT2D eigenvalue weighted by Gasteiger charge is -2.43. The van der Waals surface area contributed by atoms with Crippen molar-refractivity contribution in [2.45, 2.75) is 50.6 Å². The predicted octanol–water partition coefficient (Wildman–Crippen LogP) is 1.33. The lowest BCUT2D eigenvalue weighted by atomic mass is 9.78. The number of nitrogens with zero attached hydrogens (tertiary/aromatic N) is 2. The van der Waals surface area contributed by atoms with Crippen molar-refractivity contribution in [1.82, 2.24) is 15.1 Å². The van der Waals surface area contributed by atoms with Crippen LogP contribution in [0.1, 0.15) is 39.0 Å². The van der Waals surface area contributed by atoms with Gasteiger partial charge in [-0.05, 0) is 59.8 Å². The zero-order valence-corrected chi connectivity index (χ0v) is 14.4. The van der Waals surface area contributed by atoms with Gasteiger partial charge in [0.15, 0.2) is 0 Å². The summed E-state index contributed by atoms with van der Waals surface area (Å²) in [6.07, 6.45) is 5.12. The summed E-state index contributed by atoms with van der Waals surface area (Å²) < 4.78 is 5.04. The Hall–Kier alpha value is -0.650. The standard InChI is InChI=1S/C16H33N3O2/c1-6-10-19(12-11-18(3)4)14-8-7-9-16(13-14,17-2)15(20)21-5/h14,17H,6-13H2,1-5H3. The maximum Gasteiger partial charge on any atom is 0.326 e. The second-order valence-corrected chi connectivity index (χ2v) is 6.41. The highest BCUT2D eigenvalue weighted by atomic mass is 16.5. The number of rotatable bonds is 8. The van der Waals surface area contributed by atoms with Gasteiger partial charge >= 0.3 is 5.97 Å². The van der Waals surface area contributed by atoms with Crippen LogP contribution < -0.4 is 5.32 Å². The number of methoxy groups -OCH3 is 1. The Bertz CT molecular complexity index is 323. The Balaban J connectivity index is 2.76. The van der Waals surface area contributed by atoms with E-state index in [1.807, 2.05) is 7.05 Å². The molecule has 5 nitrogen and oxygen atoms in total. The van der Waals surface area contributed by atoms with E-state index >= 15 is 0 Å². The fraction of sp³-hybridized carbons (Fsp3) is 0.938. The first-order chi connectivity index (χ1) is 9.99. The van der Waals surface area contributed by atoms with E-state index in [4.69, 9.17) is 4.74 Å². The van der Waals surface area contributed by atoms with Crippen molar-refractivity contribution in [1.29, 1.82) is 0 Å². The summed E-state index contributed by atoms with van der Waals surface area (Å²) in [6, 6.07) is 0.463. The minimum absolute atomic E-state index is 0.112. The number of hydrogen-bond acceptors (Lipinski definition) is 5. The second kappa shape index (κ2) is 8.71. The van der Waals surface area contributed by atoms with E-state index in [0.29, 0.717) is 6.04 Å². The van der Waals surface area contributed by atoms with Crippen LogP contribution in [0.5, 0.6) is 0 Å². The minimum Gasteiger partial charge on any atom is -0.468 e. The molecular weight excluding hydrogens is 266 g/mol. The quantitative estimate of drug-likeness (QED) is 0.685. The summed E-state index contributed by atoms with van der Waals surface area (Å²) in [6.45, 7) is 5.43. The van der Waals surface area contributed by atoms with E-state index in [2.05, 4.69) is 36.1 Å². The Labute approximate surface area is 130 Å². The largest absolute Gasteiger partial charge is 0.468 e. The summed E-state index contributed by atoms with van der Waals surface area (Å²) in [5.74, 6) is -0.112. The first-order valence-electron chi connectivity index (χ1n) is 8.15. The lowest BCUT2D eigenvalue weighted by molar-refractivity contribution is -0.151. The molecule has 1 rings (SSSR count). The molecule has 124 valence electrons. The van der Waals surface area contributed by atoms with Crippen molar-refractivity contribution in [2.75, 3.05) is 47.9 Å². The molecule has 0 aromatic heterocycles. The molecule has 0 aromatic rings. The Morgan fingerprint density at radius 2 is 2.05 bits per heavy atom. The monoisotopic (exact) mass is 299 g/mol. The van der Waals surface area contributed by atoms with E-state index in [-0.39, 0.29) is 5.97 Å². The molecule has 2 unspecified atom stereocenters. The first kappa shape index (κ1) is 18.4. The van der Waals surface area contributed by atoms with Crippen LogP contribution in [0.3, 0.4) is 0 Å². The molecule has 0 spiro atoms. The van der Waals surface area contributed by atoms with Crippen molar-refractivity contribution in [3.63, 3.8) is 0 Å². The van der Waals surface area contributed by atoms with Gasteiger partial charge in [-0.15, -0.1) is 0 Å². The van der Waals surface area contributed by atoms with Crippen LogP contribution in [0.2, 0.25) is 0 Å². The normalized spacial score (nSPS) is 26.3. The molecule has 1 N–H and O–H groups in total. The van der Waals surface area contributed by atoms with Crippen LogP contribution in [0.4, 0.5) is 0 Å². The Morgan fingerprint density at radius 1 is 1.33 bits per heavy atom. The van der Waals surface area contributed by atoms with E-state index in [1.165, 1.54) is 13.5 Å². The molecule has 0 heterocycles. The zero-order chi connectivity index (χ0) is 15.9. The fourth-order valence-electron chi connectivity index (χ4n) is 3.36. The van der Waals surface area contributed by atoms with Crippen molar-refractivity contribution in [3.05, 3.63) is 0 Å². The van der Waals surface area contributed by atoms with Crippen molar-refractivity contribution >= 4 is 5.97 Å². The minimum atomic E-state index is -0.498. The summed E-state index contributed by atoms with van der Waals surface area (Å²) in [5.41, 5.74) is -0.498. The molecule has 5 heteroatoms. The van der Waals surface area contributed by atoms with E-state index < -0.39 is 5.54 Å². The number of carbonyl (C=O) groups is 1. The molecule has 2 atom stereocenters. The average Bonchev–Trinajstić information content (AvgIpc) is 2.50. The molecular formula is C16H33N3O2. The number of likely N-dealkylation sites (N-methyl/N-ethyl adjacent to an activating group) is 2. The third kappa shape index (κ3) is 4.94. The van der Waals surface area contributed by atoms with Gasteiger partial charge in [0, 0.05) is 19.1 Å². The van der Waals surface area contributed by atoms with Crippen LogP contribution >= 0.6 is 0 Å². The van der Waals surface area contributed by atoms with Gasteiger partial charge in [-0.25, -0.2) is 0 Å². The van der Waals surface area contributed by atoms with Crippen LogP contribution in [0.25, 0.3) is 0 Å². The molecule has 0 amide bonds. The van der Waals surface area contributed by atoms with Gasteiger partial charge < -0.3 is 15.0 Å². The molecule has 0 aromatic carbocycles. The summed E-state index contributed by atoms with van der Waals surface area (Å²) in [5, 5.41) is 3.25. The second-order valence-electron chi connectivity index (χ2n) is 6.41. The lowest BCUT2D eigenvalue weighted by Crippen LogP contribution is -2.58. The van der Waals surface area contributed by atoms with Crippen LogP contribution in [0.15, 0.2) is 0 Å². The van der Waals surface area contributed by atoms with Gasteiger partial charge in [0.05, 0.1) is 7.11 Å². The maximum atomic E-state index is 12.2. The van der Waals surface area contributed by atoms with E-state index in [9.17, 15) is 4.79 Å². The molecule has 0 aliphatic heterocycles. The number of nitrogens with one attached hydrogen (secondary N) is 1. The molecule has 1 fully saturated rings. The molecule has 0 radical (unpaired) electrons. The van der Waals surface area contributed by atoms with E-state index in [1.54, 1.807) is 0 Å². The molecule has 1 saturated carbocycles. The molecule has 1 aliphatic carbocycles. The third-order valence-electron chi connectivity index (χ3n) is 4.64. The summed E-state index contributed by atoms with van der Waals surface area (Å²) in [4.78, 5) is 17.0. The fourth-order valence-corrected chi connectivity index (χ4v) is 3.36. The highest BCUT2D eigenvalue weighted by molar-refractivity contribution is 5.81. The molecule has 1 aliphatic rings. The van der Waals surface area contributed by atoms with Gasteiger partial charge in [0.25, 0.3) is 0 Å². The Morgan fingerprint density at radius 3 is 2.57 bits per heavy atom. The van der Waals surface area contributed by atoms with Gasteiger partial charge in [-0.1, -0.05) is 6.92 Å². The Kier molecular flexibility index (Phi) is 7.63. The summed E-state index contributed by atoms with van der Waals surface area (Å²) in [7, 11) is 7.58. The van der Waals surface area contributed by atoms with Crippen molar-refractivity contribution < 1.29 is 9.53 Å². The van der Waals surface area contributed by atoms with Gasteiger partial charge in [0.1, 0.15) is 5.54 Å². The maximum absolute atomic E-state index is 12.2. The predicted molar refractivity (Wildman–Crippen MR) is 86.5 cm³/mol. The topological polar surface area (TPSA) is 44.8 Å². The van der Waals surface area contributed by atoms with Crippen LogP contribution in [0, 0.1) is 0 Å². The van der Waals surface area contributed by atoms with Gasteiger partial charge in [-0.3, -0.25) is 9.69 Å². The highest BCUT2D eigenvalue weighted by Crippen LogP contribution is 2.32. The zero-order valence-electron chi connectivity index (χ0n) is 14.4. The number of carbonyl (C=O) groups excluding carboxylic acids is 1. The third-order valence-corrected chi connectivity index (χ3v) is 4.64. The number of hydrogen-bond donors (Lipinski definition) is 1. The van der Waals surface area contributed by atoms with Crippen molar-refractivity contribution in [2.24, 2.45) is 0 Å². The van der Waals surface area contributed by atoms with Crippen LogP contribution in [-0.2, 0) is 9.53 Å². The number of esters is 1. The average molecular weight is 299 g/mol. The molecule has 21 heavy (non-hydrogen) atoms. The summed E-state index contributed by atoms with van der Waals surface area (Å²) >= 11 is 0. The number of ether oxygens (including phenoxy) is 1. The molecule has 0 saturated heterocycles. The van der Waals surface area contributed by atoms with E-state index in [0.717, 1.165) is 45.3 Å². The first-order valence-corrected chi connectivity index (χ1v) is 8.15. The van der Waals surface area contributed by atoms with Crippen molar-refractivity contribution in [3.8, 4) is 0 Å². The SMILES string of the molecule is CCCN(CCN(C)C)C1CCCC(NC)(C(=O)OC)C1.